The fourth-order valence-electron chi connectivity index (χ4n) is 3.47. The first kappa shape index (κ1) is 28.6. The molecule has 1 N–H and O–H groups in total. The molecule has 7 nitrogen and oxygen atoms in total. The minimum Gasteiger partial charge on any atom is -0.352 e. The van der Waals surface area contributed by atoms with Gasteiger partial charge in [-0.05, 0) is 56.5 Å². The molecule has 0 bridgehead atoms. The highest BCUT2D eigenvalue weighted by molar-refractivity contribution is 7.92. The zero-order valence-electron chi connectivity index (χ0n) is 20.5. The maximum absolute atomic E-state index is 14.2. The lowest BCUT2D eigenvalue weighted by atomic mass is 10.1. The molecule has 0 aliphatic carbocycles. The Kier molecular flexibility index (Phi) is 10.5. The predicted molar refractivity (Wildman–Crippen MR) is 137 cm³/mol. The van der Waals surface area contributed by atoms with E-state index in [-0.39, 0.29) is 49.5 Å². The summed E-state index contributed by atoms with van der Waals surface area (Å²) < 4.78 is 39.8. The van der Waals surface area contributed by atoms with Crippen molar-refractivity contribution in [3.63, 3.8) is 0 Å². The van der Waals surface area contributed by atoms with Crippen LogP contribution >= 0.6 is 11.6 Å². The number of benzene rings is 2. The van der Waals surface area contributed by atoms with Gasteiger partial charge in [-0.3, -0.25) is 13.9 Å². The monoisotopic (exact) mass is 525 g/mol. The Bertz CT molecular complexity index is 1110. The van der Waals surface area contributed by atoms with Gasteiger partial charge < -0.3 is 10.2 Å². The fraction of sp³-hybridized carbons (Fsp3) is 0.440. The number of para-hydroxylation sites is 1. The number of sulfonamides is 1. The molecule has 0 heterocycles. The van der Waals surface area contributed by atoms with Crippen molar-refractivity contribution >= 4 is 39.1 Å². The van der Waals surface area contributed by atoms with Gasteiger partial charge in [0.2, 0.25) is 21.8 Å². The third kappa shape index (κ3) is 8.50. The predicted octanol–water partition coefficient (Wildman–Crippen LogP) is 4.36. The van der Waals surface area contributed by atoms with E-state index >= 15 is 0 Å². The third-order valence-corrected chi connectivity index (χ3v) is 7.14. The van der Waals surface area contributed by atoms with Crippen molar-refractivity contribution in [2.45, 2.75) is 58.7 Å². The molecule has 2 aromatic carbocycles. The number of hydrogen-bond acceptors (Lipinski definition) is 4. The van der Waals surface area contributed by atoms with Crippen molar-refractivity contribution < 1.29 is 22.4 Å². The number of nitrogens with zero attached hydrogens (tertiary/aromatic N) is 2. The quantitative estimate of drug-likeness (QED) is 0.446. The van der Waals surface area contributed by atoms with E-state index in [1.807, 2.05) is 13.8 Å². The topological polar surface area (TPSA) is 86.8 Å². The Morgan fingerprint density at radius 2 is 1.71 bits per heavy atom. The smallest absolute Gasteiger partial charge is 0.242 e. The first-order chi connectivity index (χ1) is 16.4. The van der Waals surface area contributed by atoms with E-state index in [1.54, 1.807) is 37.3 Å². The minimum absolute atomic E-state index is 0.0188. The van der Waals surface area contributed by atoms with Gasteiger partial charge in [0.1, 0.15) is 11.9 Å². The van der Waals surface area contributed by atoms with Crippen molar-refractivity contribution in [2.24, 2.45) is 0 Å². The molecule has 2 aromatic rings. The molecular formula is C25H33ClFN3O4S. The van der Waals surface area contributed by atoms with Crippen LogP contribution in [0.2, 0.25) is 5.02 Å². The van der Waals surface area contributed by atoms with Gasteiger partial charge in [-0.15, -0.1) is 0 Å². The summed E-state index contributed by atoms with van der Waals surface area (Å²) in [6, 6.07) is 11.8. The van der Waals surface area contributed by atoms with Crippen LogP contribution in [0.15, 0.2) is 48.5 Å². The van der Waals surface area contributed by atoms with E-state index in [0.29, 0.717) is 5.02 Å². The van der Waals surface area contributed by atoms with Crippen molar-refractivity contribution in [2.75, 3.05) is 17.1 Å². The van der Waals surface area contributed by atoms with Crippen molar-refractivity contribution in [1.29, 1.82) is 0 Å². The van der Waals surface area contributed by atoms with Crippen molar-refractivity contribution in [3.05, 3.63) is 64.9 Å². The minimum atomic E-state index is -3.77. The number of nitrogens with one attached hydrogen (secondary N) is 1. The van der Waals surface area contributed by atoms with Crippen LogP contribution in [0.5, 0.6) is 0 Å². The molecule has 0 aliphatic rings. The van der Waals surface area contributed by atoms with Crippen LogP contribution in [0.3, 0.4) is 0 Å². The van der Waals surface area contributed by atoms with E-state index in [2.05, 4.69) is 5.32 Å². The Morgan fingerprint density at radius 1 is 1.09 bits per heavy atom. The summed E-state index contributed by atoms with van der Waals surface area (Å²) in [7, 11) is -3.77. The number of halogens is 2. The molecule has 35 heavy (non-hydrogen) atoms. The third-order valence-electron chi connectivity index (χ3n) is 5.71. The summed E-state index contributed by atoms with van der Waals surface area (Å²) in [4.78, 5) is 27.5. The summed E-state index contributed by atoms with van der Waals surface area (Å²) in [6.07, 6.45) is 1.88. The van der Waals surface area contributed by atoms with E-state index in [4.69, 9.17) is 11.6 Å². The highest BCUT2D eigenvalue weighted by Crippen LogP contribution is 2.22. The van der Waals surface area contributed by atoms with Crippen LogP contribution in [-0.4, -0.2) is 50.0 Å². The molecule has 0 spiro atoms. The molecule has 0 saturated heterocycles. The lowest BCUT2D eigenvalue weighted by Gasteiger charge is -2.30. The SMILES string of the molecule is CC[C@H](C)NC(=O)[C@@H](C)N(Cc1ccc(Cl)cc1)C(=O)CCCN(c1ccccc1F)S(C)(=O)=O. The van der Waals surface area contributed by atoms with E-state index < -0.39 is 21.9 Å². The van der Waals surface area contributed by atoms with Crippen LogP contribution in [0, 0.1) is 5.82 Å². The van der Waals surface area contributed by atoms with Gasteiger partial charge >= 0.3 is 0 Å². The first-order valence-electron chi connectivity index (χ1n) is 11.5. The largest absolute Gasteiger partial charge is 0.352 e. The zero-order chi connectivity index (χ0) is 26.2. The summed E-state index contributed by atoms with van der Waals surface area (Å²) in [5, 5.41) is 3.46. The molecule has 0 unspecified atom stereocenters. The van der Waals surface area contributed by atoms with E-state index in [9.17, 15) is 22.4 Å². The molecule has 0 saturated carbocycles. The molecule has 0 aromatic heterocycles. The highest BCUT2D eigenvalue weighted by atomic mass is 35.5. The fourth-order valence-corrected chi connectivity index (χ4v) is 4.56. The van der Waals surface area contributed by atoms with Gasteiger partial charge in [-0.2, -0.15) is 0 Å². The second-order valence-corrected chi connectivity index (χ2v) is 10.9. The molecule has 10 heteroatoms. The number of rotatable bonds is 12. The summed E-state index contributed by atoms with van der Waals surface area (Å²) in [6.45, 7) is 5.61. The summed E-state index contributed by atoms with van der Waals surface area (Å²) in [5.41, 5.74) is 0.733. The molecule has 2 rings (SSSR count). The Morgan fingerprint density at radius 3 is 2.29 bits per heavy atom. The number of amides is 2. The van der Waals surface area contributed by atoms with Crippen LogP contribution < -0.4 is 9.62 Å². The van der Waals surface area contributed by atoms with E-state index in [1.165, 1.54) is 23.1 Å². The molecule has 2 amide bonds. The van der Waals surface area contributed by atoms with Gasteiger partial charge in [0, 0.05) is 30.6 Å². The van der Waals surface area contributed by atoms with Gasteiger partial charge in [-0.1, -0.05) is 42.8 Å². The second kappa shape index (κ2) is 12.9. The molecular weight excluding hydrogens is 493 g/mol. The van der Waals surface area contributed by atoms with Gasteiger partial charge in [0.25, 0.3) is 0 Å². The average molecular weight is 526 g/mol. The lowest BCUT2D eigenvalue weighted by Crippen LogP contribution is -2.49. The molecule has 2 atom stereocenters. The van der Waals surface area contributed by atoms with Crippen molar-refractivity contribution in [1.82, 2.24) is 10.2 Å². The summed E-state index contributed by atoms with van der Waals surface area (Å²) >= 11 is 5.97. The Hall–Kier alpha value is -2.65. The lowest BCUT2D eigenvalue weighted by molar-refractivity contribution is -0.140. The molecule has 0 radical (unpaired) electrons. The second-order valence-electron chi connectivity index (χ2n) is 8.53. The van der Waals surface area contributed by atoms with E-state index in [0.717, 1.165) is 22.5 Å². The van der Waals surface area contributed by atoms with Crippen molar-refractivity contribution in [3.8, 4) is 0 Å². The maximum atomic E-state index is 14.2. The highest BCUT2D eigenvalue weighted by Gasteiger charge is 2.27. The molecule has 192 valence electrons. The Labute approximate surface area is 212 Å². The zero-order valence-corrected chi connectivity index (χ0v) is 22.1. The van der Waals surface area contributed by atoms with Crippen LogP contribution in [0.4, 0.5) is 10.1 Å². The normalized spacial score (nSPS) is 13.1. The van der Waals surface area contributed by atoms with Gasteiger partial charge in [0.05, 0.1) is 11.9 Å². The standard InChI is InChI=1S/C25H33ClFN3O4S/c1-5-18(2)28-25(32)19(3)29(17-20-12-14-21(26)15-13-20)24(31)11-8-16-30(35(4,33)34)23-10-7-6-9-22(23)27/h6-7,9-10,12-15,18-19H,5,8,11,16-17H2,1-4H3,(H,28,32)/t18-,19+/m0/s1. The van der Waals surface area contributed by atoms with Crippen LogP contribution in [0.25, 0.3) is 0 Å². The van der Waals surface area contributed by atoms with Gasteiger partial charge in [-0.25, -0.2) is 12.8 Å². The van der Waals surface area contributed by atoms with Crippen LogP contribution in [0.1, 0.15) is 45.6 Å². The average Bonchev–Trinajstić information content (AvgIpc) is 2.80. The maximum Gasteiger partial charge on any atom is 0.242 e. The number of carbonyl (C=O) groups is 2. The number of carbonyl (C=O) groups excluding carboxylic acids is 2. The summed E-state index contributed by atoms with van der Waals surface area (Å²) in [5.74, 6) is -1.25. The number of anilines is 1. The molecule has 0 aliphatic heterocycles. The first-order valence-corrected chi connectivity index (χ1v) is 13.7. The molecule has 0 fully saturated rings. The van der Waals surface area contributed by atoms with Crippen LogP contribution in [-0.2, 0) is 26.2 Å². The Balaban J connectivity index is 2.17. The number of hydrogen-bond donors (Lipinski definition) is 1. The van der Waals surface area contributed by atoms with Gasteiger partial charge in [0.15, 0.2) is 0 Å².